The van der Waals surface area contributed by atoms with Crippen molar-refractivity contribution in [3.05, 3.63) is 35.2 Å². The molecular formula is C14H14ClN5O. The molecule has 21 heavy (non-hydrogen) atoms. The predicted molar refractivity (Wildman–Crippen MR) is 82.0 cm³/mol. The van der Waals surface area contributed by atoms with Crippen molar-refractivity contribution in [1.82, 2.24) is 19.5 Å². The van der Waals surface area contributed by atoms with Gasteiger partial charge in [-0.3, -0.25) is 4.57 Å². The van der Waals surface area contributed by atoms with Gasteiger partial charge in [0.1, 0.15) is 17.1 Å². The van der Waals surface area contributed by atoms with Gasteiger partial charge in [-0.05, 0) is 38.1 Å². The molecule has 0 atom stereocenters. The topological polar surface area (TPSA) is 78.9 Å². The number of halogens is 1. The summed E-state index contributed by atoms with van der Waals surface area (Å²) in [6.45, 7) is 4.32. The molecule has 0 unspecified atom stereocenters. The van der Waals surface area contributed by atoms with Gasteiger partial charge < -0.3 is 10.5 Å². The fraction of sp³-hybridized carbons (Fsp3) is 0.214. The molecule has 0 aliphatic rings. The van der Waals surface area contributed by atoms with Gasteiger partial charge in [-0.2, -0.15) is 4.98 Å². The maximum absolute atomic E-state index is 6.22. The second-order valence-electron chi connectivity index (χ2n) is 4.47. The molecule has 2 N–H and O–H groups in total. The minimum Gasteiger partial charge on any atom is -0.494 e. The lowest BCUT2D eigenvalue weighted by molar-refractivity contribution is 0.340. The number of nitrogen functional groups attached to an aromatic ring is 1. The van der Waals surface area contributed by atoms with Gasteiger partial charge in [-0.1, -0.05) is 11.6 Å². The van der Waals surface area contributed by atoms with E-state index in [-0.39, 0.29) is 0 Å². The van der Waals surface area contributed by atoms with Crippen molar-refractivity contribution in [1.29, 1.82) is 0 Å². The molecule has 1 aromatic carbocycles. The average molecular weight is 304 g/mol. The molecule has 6 nitrogen and oxygen atoms in total. The Hall–Kier alpha value is -2.34. The number of nitrogens with zero attached hydrogens (tertiary/aromatic N) is 4. The van der Waals surface area contributed by atoms with E-state index >= 15 is 0 Å². The normalized spacial score (nSPS) is 11.0. The minimum absolute atomic E-state index is 0.316. The first kappa shape index (κ1) is 13.6. The van der Waals surface area contributed by atoms with Crippen LogP contribution in [0.1, 0.15) is 12.7 Å². The zero-order chi connectivity index (χ0) is 15.0. The smallest absolute Gasteiger partial charge is 0.207 e. The van der Waals surface area contributed by atoms with Crippen molar-refractivity contribution in [3.8, 4) is 11.4 Å². The molecule has 0 aliphatic heterocycles. The van der Waals surface area contributed by atoms with Crippen molar-refractivity contribution in [2.45, 2.75) is 13.8 Å². The summed E-state index contributed by atoms with van der Waals surface area (Å²) < 4.78 is 7.16. The second-order valence-corrected chi connectivity index (χ2v) is 4.82. The second kappa shape index (κ2) is 5.21. The quantitative estimate of drug-likeness (QED) is 0.753. The van der Waals surface area contributed by atoms with E-state index in [1.807, 2.05) is 31.2 Å². The van der Waals surface area contributed by atoms with Gasteiger partial charge in [-0.25, -0.2) is 9.97 Å². The Kier molecular flexibility index (Phi) is 3.39. The molecule has 0 amide bonds. The van der Waals surface area contributed by atoms with Crippen LogP contribution in [0.2, 0.25) is 5.15 Å². The lowest BCUT2D eigenvalue weighted by atomic mass is 10.3. The van der Waals surface area contributed by atoms with E-state index < -0.39 is 0 Å². The van der Waals surface area contributed by atoms with E-state index in [9.17, 15) is 0 Å². The molecule has 3 aromatic rings. The summed E-state index contributed by atoms with van der Waals surface area (Å²) in [4.78, 5) is 12.7. The Bertz CT molecular complexity index is 797. The molecule has 0 saturated carbocycles. The molecule has 0 saturated heterocycles. The van der Waals surface area contributed by atoms with Gasteiger partial charge in [0, 0.05) is 5.69 Å². The zero-order valence-corrected chi connectivity index (χ0v) is 12.4. The van der Waals surface area contributed by atoms with Crippen LogP contribution in [0.5, 0.6) is 5.75 Å². The molecule has 2 heterocycles. The number of ether oxygens (including phenoxy) is 1. The number of rotatable bonds is 3. The standard InChI is InChI=1S/C14H14ClN5O/c1-3-21-10-6-4-9(5-7-10)20-11-12(15)17-8(2)18-13(11)19-14(20)16/h4-7H,3H2,1-2H3,(H2,16,17,18,19). The van der Waals surface area contributed by atoms with Crippen LogP contribution < -0.4 is 10.5 Å². The fourth-order valence-electron chi connectivity index (χ4n) is 2.18. The van der Waals surface area contributed by atoms with Crippen LogP contribution in [-0.2, 0) is 0 Å². The monoisotopic (exact) mass is 303 g/mol. The van der Waals surface area contributed by atoms with Crippen LogP contribution in [0.4, 0.5) is 5.95 Å². The number of aromatic nitrogens is 4. The highest BCUT2D eigenvalue weighted by Gasteiger charge is 2.16. The maximum atomic E-state index is 6.22. The first-order chi connectivity index (χ1) is 10.1. The van der Waals surface area contributed by atoms with Crippen LogP contribution in [0.15, 0.2) is 24.3 Å². The summed E-state index contributed by atoms with van der Waals surface area (Å²) in [6, 6.07) is 7.51. The summed E-state index contributed by atoms with van der Waals surface area (Å²) in [5.74, 6) is 1.67. The highest BCUT2D eigenvalue weighted by atomic mass is 35.5. The molecular weight excluding hydrogens is 290 g/mol. The number of hydrogen-bond donors (Lipinski definition) is 1. The Morgan fingerprint density at radius 1 is 1.19 bits per heavy atom. The Balaban J connectivity index is 2.17. The number of nitrogens with two attached hydrogens (primary N) is 1. The van der Waals surface area contributed by atoms with Crippen molar-refractivity contribution in [2.75, 3.05) is 12.3 Å². The number of anilines is 1. The van der Waals surface area contributed by atoms with Crippen LogP contribution in [-0.4, -0.2) is 26.1 Å². The van der Waals surface area contributed by atoms with Crippen LogP contribution in [0.25, 0.3) is 16.9 Å². The molecule has 0 bridgehead atoms. The van der Waals surface area contributed by atoms with Crippen molar-refractivity contribution in [2.24, 2.45) is 0 Å². The SMILES string of the molecule is CCOc1ccc(-n2c(N)nc3nc(C)nc(Cl)c32)cc1. The van der Waals surface area contributed by atoms with E-state index in [1.165, 1.54) is 0 Å². The van der Waals surface area contributed by atoms with Gasteiger partial charge in [0.05, 0.1) is 6.61 Å². The average Bonchev–Trinajstić information content (AvgIpc) is 2.76. The zero-order valence-electron chi connectivity index (χ0n) is 11.7. The third-order valence-electron chi connectivity index (χ3n) is 3.01. The molecule has 0 aliphatic carbocycles. The van der Waals surface area contributed by atoms with Gasteiger partial charge in [-0.15, -0.1) is 0 Å². The van der Waals surface area contributed by atoms with E-state index in [4.69, 9.17) is 22.1 Å². The van der Waals surface area contributed by atoms with Crippen LogP contribution in [0.3, 0.4) is 0 Å². The summed E-state index contributed by atoms with van der Waals surface area (Å²) >= 11 is 6.22. The van der Waals surface area contributed by atoms with Gasteiger partial charge in [0.2, 0.25) is 5.95 Å². The van der Waals surface area contributed by atoms with Crippen molar-refractivity contribution >= 4 is 28.7 Å². The Labute approximate surface area is 126 Å². The molecule has 108 valence electrons. The van der Waals surface area contributed by atoms with Crippen molar-refractivity contribution in [3.63, 3.8) is 0 Å². The van der Waals surface area contributed by atoms with E-state index in [1.54, 1.807) is 11.5 Å². The number of aryl methyl sites for hydroxylation is 1. The lowest BCUT2D eigenvalue weighted by Crippen LogP contribution is -2.01. The molecule has 0 spiro atoms. The molecule has 0 fully saturated rings. The lowest BCUT2D eigenvalue weighted by Gasteiger charge is -2.08. The number of imidazole rings is 1. The highest BCUT2D eigenvalue weighted by molar-refractivity contribution is 6.33. The largest absolute Gasteiger partial charge is 0.494 e. The summed E-state index contributed by atoms with van der Waals surface area (Å²) in [5, 5.41) is 0.329. The Morgan fingerprint density at radius 2 is 1.90 bits per heavy atom. The third kappa shape index (κ3) is 2.38. The molecule has 7 heteroatoms. The van der Waals surface area contributed by atoms with Crippen molar-refractivity contribution < 1.29 is 4.74 Å². The Morgan fingerprint density at radius 3 is 2.57 bits per heavy atom. The predicted octanol–water partition coefficient (Wildman–Crippen LogP) is 2.76. The van der Waals surface area contributed by atoms with Gasteiger partial charge in [0.15, 0.2) is 10.8 Å². The number of benzene rings is 1. The van der Waals surface area contributed by atoms with E-state index in [2.05, 4.69) is 15.0 Å². The number of hydrogen-bond acceptors (Lipinski definition) is 5. The third-order valence-corrected chi connectivity index (χ3v) is 3.28. The molecule has 3 rings (SSSR count). The van der Waals surface area contributed by atoms with E-state index in [0.717, 1.165) is 11.4 Å². The number of fused-ring (bicyclic) bond motifs is 1. The minimum atomic E-state index is 0.316. The van der Waals surface area contributed by atoms with Gasteiger partial charge in [0.25, 0.3) is 0 Å². The maximum Gasteiger partial charge on any atom is 0.207 e. The summed E-state index contributed by atoms with van der Waals surface area (Å²) in [6.07, 6.45) is 0. The summed E-state index contributed by atoms with van der Waals surface area (Å²) in [7, 11) is 0. The highest BCUT2D eigenvalue weighted by Crippen LogP contribution is 2.27. The van der Waals surface area contributed by atoms with Gasteiger partial charge >= 0.3 is 0 Å². The first-order valence-electron chi connectivity index (χ1n) is 6.51. The fourth-order valence-corrected chi connectivity index (χ4v) is 2.47. The van der Waals surface area contributed by atoms with Crippen LogP contribution in [0, 0.1) is 6.92 Å². The first-order valence-corrected chi connectivity index (χ1v) is 6.89. The van der Waals surface area contributed by atoms with Crippen LogP contribution >= 0.6 is 11.6 Å². The summed E-state index contributed by atoms with van der Waals surface area (Å²) in [5.41, 5.74) is 7.91. The molecule has 0 radical (unpaired) electrons. The molecule has 2 aromatic heterocycles. The van der Waals surface area contributed by atoms with E-state index in [0.29, 0.717) is 34.7 Å².